The molecular formula is C18H12N4O. The van der Waals surface area contributed by atoms with Gasteiger partial charge in [0.2, 0.25) is 0 Å². The molecule has 5 heteroatoms. The van der Waals surface area contributed by atoms with E-state index in [-0.39, 0.29) is 11.3 Å². The molecule has 1 N–H and O–H groups in total. The van der Waals surface area contributed by atoms with Gasteiger partial charge in [0.15, 0.2) is 5.57 Å². The van der Waals surface area contributed by atoms with E-state index in [1.165, 1.54) is 0 Å². The third-order valence-electron chi connectivity index (χ3n) is 3.14. The van der Waals surface area contributed by atoms with E-state index in [4.69, 9.17) is 20.5 Å². The summed E-state index contributed by atoms with van der Waals surface area (Å²) in [7, 11) is 1.58. The predicted octanol–water partition coefficient (Wildman–Crippen LogP) is 3.60. The average Bonchev–Trinajstić information content (AvgIpc) is 2.62. The normalized spacial score (nSPS) is 8.96. The van der Waals surface area contributed by atoms with Crippen LogP contribution in [0, 0.1) is 34.0 Å². The van der Waals surface area contributed by atoms with Crippen LogP contribution in [0.3, 0.4) is 0 Å². The van der Waals surface area contributed by atoms with E-state index < -0.39 is 0 Å². The van der Waals surface area contributed by atoms with Gasteiger partial charge >= 0.3 is 0 Å². The topological polar surface area (TPSA) is 92.6 Å². The van der Waals surface area contributed by atoms with Gasteiger partial charge in [0.05, 0.1) is 7.11 Å². The zero-order valence-corrected chi connectivity index (χ0v) is 12.4. The smallest absolute Gasteiger partial charge is 0.163 e. The van der Waals surface area contributed by atoms with Crippen molar-refractivity contribution in [3.8, 4) is 35.1 Å². The Labute approximate surface area is 134 Å². The van der Waals surface area contributed by atoms with E-state index in [1.54, 1.807) is 37.4 Å². The van der Waals surface area contributed by atoms with Gasteiger partial charge < -0.3 is 10.1 Å². The molecule has 0 amide bonds. The number of rotatable bonds is 4. The summed E-state index contributed by atoms with van der Waals surface area (Å²) in [6.45, 7) is 0. The number of allylic oxidation sites excluding steroid dienone is 2. The second-order valence-corrected chi connectivity index (χ2v) is 4.49. The van der Waals surface area contributed by atoms with Gasteiger partial charge in [-0.2, -0.15) is 15.8 Å². The number of hydrogen-bond donors (Lipinski definition) is 1. The number of nitrogens with one attached hydrogen (secondary N) is 1. The summed E-state index contributed by atoms with van der Waals surface area (Å²) < 4.78 is 5.37. The monoisotopic (exact) mass is 300 g/mol. The first kappa shape index (κ1) is 15.6. The minimum absolute atomic E-state index is 0.0841. The summed E-state index contributed by atoms with van der Waals surface area (Å²) in [5.41, 5.74) is 2.04. The lowest BCUT2D eigenvalue weighted by atomic mass is 10.0. The first-order valence-corrected chi connectivity index (χ1v) is 6.68. The third kappa shape index (κ3) is 3.47. The van der Waals surface area contributed by atoms with Gasteiger partial charge in [-0.25, -0.2) is 0 Å². The molecule has 0 aromatic heterocycles. The minimum atomic E-state index is -0.260. The van der Waals surface area contributed by atoms with Crippen LogP contribution in [-0.2, 0) is 0 Å². The summed E-state index contributed by atoms with van der Waals surface area (Å²) in [6.07, 6.45) is 0. The average molecular weight is 300 g/mol. The number of nitrogens with zero attached hydrogens (tertiary/aromatic N) is 3. The van der Waals surface area contributed by atoms with E-state index in [0.29, 0.717) is 11.4 Å². The van der Waals surface area contributed by atoms with Crippen LogP contribution >= 0.6 is 0 Å². The molecule has 5 nitrogen and oxygen atoms in total. The Kier molecular flexibility index (Phi) is 4.97. The Morgan fingerprint density at radius 3 is 2.22 bits per heavy atom. The predicted molar refractivity (Wildman–Crippen MR) is 85.9 cm³/mol. The van der Waals surface area contributed by atoms with Crippen LogP contribution in [0.4, 0.5) is 5.69 Å². The molecule has 0 saturated carbocycles. The number of methoxy groups -OCH3 is 1. The highest BCUT2D eigenvalue weighted by molar-refractivity contribution is 5.75. The summed E-state index contributed by atoms with van der Waals surface area (Å²) in [4.78, 5) is 0. The fraction of sp³-hybridized carbons (Fsp3) is 0.0556. The molecule has 110 valence electrons. The van der Waals surface area contributed by atoms with Crippen molar-refractivity contribution in [1.29, 1.82) is 15.8 Å². The minimum Gasteiger partial charge on any atom is -0.496 e. The lowest BCUT2D eigenvalue weighted by molar-refractivity contribution is 0.416. The third-order valence-corrected chi connectivity index (χ3v) is 3.14. The van der Waals surface area contributed by atoms with E-state index >= 15 is 0 Å². The molecule has 0 atom stereocenters. The number of anilines is 1. The van der Waals surface area contributed by atoms with Crippen molar-refractivity contribution in [2.24, 2.45) is 0 Å². The number of benzene rings is 2. The largest absolute Gasteiger partial charge is 0.496 e. The van der Waals surface area contributed by atoms with Gasteiger partial charge in [0.25, 0.3) is 0 Å². The summed E-state index contributed by atoms with van der Waals surface area (Å²) in [6, 6.07) is 20.2. The van der Waals surface area contributed by atoms with Gasteiger partial charge in [-0.3, -0.25) is 0 Å². The maximum absolute atomic E-state index is 9.11. The summed E-state index contributed by atoms with van der Waals surface area (Å²) >= 11 is 0. The molecule has 0 unspecified atom stereocenters. The van der Waals surface area contributed by atoms with Crippen LogP contribution in [0.15, 0.2) is 59.8 Å². The van der Waals surface area contributed by atoms with E-state index in [1.807, 2.05) is 36.4 Å². The van der Waals surface area contributed by atoms with E-state index in [0.717, 1.165) is 11.1 Å². The van der Waals surface area contributed by atoms with Crippen molar-refractivity contribution >= 4 is 5.69 Å². The van der Waals surface area contributed by atoms with Crippen molar-refractivity contribution < 1.29 is 4.74 Å². The van der Waals surface area contributed by atoms with Gasteiger partial charge in [-0.15, -0.1) is 0 Å². The second kappa shape index (κ2) is 7.31. The molecule has 0 heterocycles. The van der Waals surface area contributed by atoms with Crippen molar-refractivity contribution in [2.75, 3.05) is 12.4 Å². The van der Waals surface area contributed by atoms with E-state index in [9.17, 15) is 0 Å². The fourth-order valence-corrected chi connectivity index (χ4v) is 2.06. The Morgan fingerprint density at radius 2 is 1.65 bits per heavy atom. The molecule has 0 aliphatic heterocycles. The lowest BCUT2D eigenvalue weighted by Crippen LogP contribution is -2.01. The molecule has 0 radical (unpaired) electrons. The molecule has 0 bridgehead atoms. The van der Waals surface area contributed by atoms with Crippen molar-refractivity contribution in [1.82, 2.24) is 0 Å². The van der Waals surface area contributed by atoms with Crippen LogP contribution in [0.5, 0.6) is 5.75 Å². The molecule has 2 aromatic rings. The number of nitriles is 3. The molecule has 0 fully saturated rings. The lowest BCUT2D eigenvalue weighted by Gasteiger charge is -2.12. The SMILES string of the molecule is COc1ccc(NC(C#N)=C(C#N)C#N)cc1-c1ccccc1. The zero-order valence-electron chi connectivity index (χ0n) is 12.4. The molecule has 23 heavy (non-hydrogen) atoms. The highest BCUT2D eigenvalue weighted by Gasteiger charge is 2.10. The maximum Gasteiger partial charge on any atom is 0.163 e. The van der Waals surface area contributed by atoms with Crippen LogP contribution < -0.4 is 10.1 Å². The standard InChI is InChI=1S/C18H12N4O/c1-23-18-8-7-15(22-17(12-21)14(10-19)11-20)9-16(18)13-5-3-2-4-6-13/h2-9,22H,1H3. The van der Waals surface area contributed by atoms with Gasteiger partial charge in [0, 0.05) is 11.3 Å². The van der Waals surface area contributed by atoms with Crippen LogP contribution in [0.1, 0.15) is 0 Å². The zero-order chi connectivity index (χ0) is 16.7. The molecule has 2 aromatic carbocycles. The van der Waals surface area contributed by atoms with Crippen molar-refractivity contribution in [3.05, 3.63) is 59.8 Å². The number of hydrogen-bond acceptors (Lipinski definition) is 5. The first-order chi connectivity index (χ1) is 11.2. The maximum atomic E-state index is 9.11. The Balaban J connectivity index is 2.48. The summed E-state index contributed by atoms with van der Waals surface area (Å²) in [5.74, 6) is 0.685. The molecule has 0 aliphatic carbocycles. The molecule has 0 spiro atoms. The number of ether oxygens (including phenoxy) is 1. The quantitative estimate of drug-likeness (QED) is 0.871. The van der Waals surface area contributed by atoms with Gasteiger partial charge in [-0.1, -0.05) is 30.3 Å². The molecule has 0 saturated heterocycles. The van der Waals surface area contributed by atoms with Crippen LogP contribution in [0.25, 0.3) is 11.1 Å². The van der Waals surface area contributed by atoms with Crippen LogP contribution in [0.2, 0.25) is 0 Å². The summed E-state index contributed by atoms with van der Waals surface area (Å²) in [5, 5.41) is 29.7. The molecular weight excluding hydrogens is 288 g/mol. The van der Waals surface area contributed by atoms with Gasteiger partial charge in [-0.05, 0) is 23.8 Å². The Morgan fingerprint density at radius 1 is 0.957 bits per heavy atom. The highest BCUT2D eigenvalue weighted by Crippen LogP contribution is 2.32. The van der Waals surface area contributed by atoms with Crippen LogP contribution in [-0.4, -0.2) is 7.11 Å². The van der Waals surface area contributed by atoms with Crippen molar-refractivity contribution in [3.63, 3.8) is 0 Å². The Hall–Kier alpha value is -3.75. The molecule has 0 aliphatic rings. The second-order valence-electron chi connectivity index (χ2n) is 4.49. The highest BCUT2D eigenvalue weighted by atomic mass is 16.5. The molecule has 2 rings (SSSR count). The Bertz CT molecular complexity index is 849. The van der Waals surface area contributed by atoms with E-state index in [2.05, 4.69) is 5.32 Å². The van der Waals surface area contributed by atoms with Crippen molar-refractivity contribution in [2.45, 2.75) is 0 Å². The first-order valence-electron chi connectivity index (χ1n) is 6.68. The van der Waals surface area contributed by atoms with Gasteiger partial charge in [0.1, 0.15) is 29.7 Å². The fourth-order valence-electron chi connectivity index (χ4n) is 2.06.